The Hall–Kier alpha value is -1.36. The van der Waals surface area contributed by atoms with E-state index in [1.165, 1.54) is 0 Å². The zero-order valence-corrected chi connectivity index (χ0v) is 9.55. The quantitative estimate of drug-likeness (QED) is 0.715. The number of hydrogen-bond donors (Lipinski definition) is 3. The van der Waals surface area contributed by atoms with Gasteiger partial charge in [-0.25, -0.2) is 0 Å². The molecule has 16 heavy (non-hydrogen) atoms. The number of carbonyl (C=O) groups is 1. The second-order valence-corrected chi connectivity index (χ2v) is 4.56. The molecule has 0 unspecified atom stereocenters. The molecule has 4 N–H and O–H groups in total. The van der Waals surface area contributed by atoms with Gasteiger partial charge in [-0.2, -0.15) is 5.10 Å². The highest BCUT2D eigenvalue weighted by Crippen LogP contribution is 2.32. The average Bonchev–Trinajstić information content (AvgIpc) is 2.62. The third-order valence-electron chi connectivity index (χ3n) is 3.23. The fourth-order valence-electron chi connectivity index (χ4n) is 2.00. The van der Waals surface area contributed by atoms with E-state index in [2.05, 4.69) is 15.5 Å². The van der Waals surface area contributed by atoms with Gasteiger partial charge >= 0.3 is 0 Å². The summed E-state index contributed by atoms with van der Waals surface area (Å²) in [6.07, 6.45) is 6.01. The number of H-pyrrole nitrogens is 1. The van der Waals surface area contributed by atoms with Crippen LogP contribution in [-0.4, -0.2) is 21.6 Å². The molecule has 5 nitrogen and oxygen atoms in total. The van der Waals surface area contributed by atoms with Gasteiger partial charge in [-0.15, -0.1) is 0 Å². The Morgan fingerprint density at radius 2 is 2.44 bits per heavy atom. The second-order valence-electron chi connectivity index (χ2n) is 4.56. The number of anilines is 1. The van der Waals surface area contributed by atoms with Gasteiger partial charge in [0.2, 0.25) is 5.91 Å². The molecule has 0 atom stereocenters. The largest absolute Gasteiger partial charge is 0.325 e. The van der Waals surface area contributed by atoms with E-state index in [-0.39, 0.29) is 11.4 Å². The van der Waals surface area contributed by atoms with Gasteiger partial charge in [0.1, 0.15) is 5.82 Å². The van der Waals surface area contributed by atoms with Crippen LogP contribution in [0.25, 0.3) is 0 Å². The molecule has 0 spiro atoms. The molecule has 1 aliphatic carbocycles. The van der Waals surface area contributed by atoms with E-state index in [1.807, 2.05) is 6.92 Å². The first-order chi connectivity index (χ1) is 7.63. The summed E-state index contributed by atoms with van der Waals surface area (Å²) in [6, 6.07) is 0. The molecule has 0 aliphatic heterocycles. The molecule has 1 aromatic rings. The highest BCUT2D eigenvalue weighted by Gasteiger charge is 2.34. The van der Waals surface area contributed by atoms with Crippen molar-refractivity contribution in [2.24, 2.45) is 5.73 Å². The van der Waals surface area contributed by atoms with Gasteiger partial charge in [0.25, 0.3) is 0 Å². The summed E-state index contributed by atoms with van der Waals surface area (Å²) in [5.74, 6) is 0.677. The van der Waals surface area contributed by atoms with Gasteiger partial charge in [0.05, 0.1) is 6.20 Å². The highest BCUT2D eigenvalue weighted by molar-refractivity contribution is 5.91. The molecule has 0 bridgehead atoms. The maximum Gasteiger partial charge on any atom is 0.227 e. The van der Waals surface area contributed by atoms with Crippen LogP contribution < -0.4 is 11.1 Å². The second kappa shape index (κ2) is 4.25. The summed E-state index contributed by atoms with van der Waals surface area (Å²) in [6.45, 7) is 2.02. The molecule has 5 heteroatoms. The van der Waals surface area contributed by atoms with Gasteiger partial charge in [0.15, 0.2) is 0 Å². The molecule has 1 fully saturated rings. The normalized spacial score (nSPS) is 17.9. The molecule has 0 saturated heterocycles. The molecule has 0 aromatic carbocycles. The Labute approximate surface area is 94.8 Å². The topological polar surface area (TPSA) is 83.8 Å². The maximum absolute atomic E-state index is 11.7. The van der Waals surface area contributed by atoms with Crippen LogP contribution in [0.3, 0.4) is 0 Å². The van der Waals surface area contributed by atoms with Crippen molar-refractivity contribution in [3.63, 3.8) is 0 Å². The Balaban J connectivity index is 1.92. The smallest absolute Gasteiger partial charge is 0.227 e. The minimum atomic E-state index is -0.267. The summed E-state index contributed by atoms with van der Waals surface area (Å²) in [5, 5.41) is 9.52. The third-order valence-corrected chi connectivity index (χ3v) is 3.23. The Morgan fingerprint density at radius 3 is 3.00 bits per heavy atom. The lowest BCUT2D eigenvalue weighted by Gasteiger charge is -2.37. The molecular formula is C11H18N4O. The standard InChI is InChI=1S/C11H18N4O/c1-2-8-7-13-15-10(8)14-9(16)6-11(12)4-3-5-11/h7H,2-6,12H2,1H3,(H2,13,14,15,16). The number of nitrogens with zero attached hydrogens (tertiary/aromatic N) is 1. The van der Waals surface area contributed by atoms with Crippen LogP contribution in [0, 0.1) is 0 Å². The first-order valence-electron chi connectivity index (χ1n) is 5.74. The van der Waals surface area contributed by atoms with Crippen LogP contribution >= 0.6 is 0 Å². The summed E-state index contributed by atoms with van der Waals surface area (Å²) in [5.41, 5.74) is 6.77. The van der Waals surface area contributed by atoms with E-state index in [0.717, 1.165) is 31.2 Å². The van der Waals surface area contributed by atoms with Gasteiger partial charge < -0.3 is 11.1 Å². The molecule has 1 aliphatic rings. The number of aryl methyl sites for hydroxylation is 1. The number of aromatic nitrogens is 2. The predicted molar refractivity (Wildman–Crippen MR) is 62.0 cm³/mol. The zero-order chi connectivity index (χ0) is 11.6. The zero-order valence-electron chi connectivity index (χ0n) is 9.55. The van der Waals surface area contributed by atoms with Crippen LogP contribution in [0.4, 0.5) is 5.82 Å². The molecule has 1 amide bonds. The van der Waals surface area contributed by atoms with E-state index >= 15 is 0 Å². The minimum absolute atomic E-state index is 0.0267. The van der Waals surface area contributed by atoms with Crippen LogP contribution in [0.15, 0.2) is 6.20 Å². The van der Waals surface area contributed by atoms with E-state index in [4.69, 9.17) is 5.73 Å². The van der Waals surface area contributed by atoms with Crippen molar-refractivity contribution in [1.29, 1.82) is 0 Å². The number of aromatic amines is 1. The highest BCUT2D eigenvalue weighted by atomic mass is 16.1. The number of hydrogen-bond acceptors (Lipinski definition) is 3. The van der Waals surface area contributed by atoms with Gasteiger partial charge in [-0.05, 0) is 25.7 Å². The van der Waals surface area contributed by atoms with Gasteiger partial charge in [0, 0.05) is 17.5 Å². The summed E-state index contributed by atoms with van der Waals surface area (Å²) < 4.78 is 0. The molecule has 88 valence electrons. The van der Waals surface area contributed by atoms with E-state index in [1.54, 1.807) is 6.20 Å². The lowest BCUT2D eigenvalue weighted by Crippen LogP contribution is -2.49. The fourth-order valence-corrected chi connectivity index (χ4v) is 2.00. The summed E-state index contributed by atoms with van der Waals surface area (Å²) in [7, 11) is 0. The fraction of sp³-hybridized carbons (Fsp3) is 0.636. The van der Waals surface area contributed by atoms with Gasteiger partial charge in [-0.1, -0.05) is 6.92 Å². The number of carbonyl (C=O) groups excluding carboxylic acids is 1. The van der Waals surface area contributed by atoms with E-state index in [9.17, 15) is 4.79 Å². The van der Waals surface area contributed by atoms with Crippen molar-refractivity contribution < 1.29 is 4.79 Å². The summed E-state index contributed by atoms with van der Waals surface area (Å²) in [4.78, 5) is 11.7. The van der Waals surface area contributed by atoms with Crippen molar-refractivity contribution in [2.75, 3.05) is 5.32 Å². The average molecular weight is 222 g/mol. The van der Waals surface area contributed by atoms with Crippen molar-refractivity contribution in [3.8, 4) is 0 Å². The van der Waals surface area contributed by atoms with Crippen LogP contribution in [0.1, 0.15) is 38.2 Å². The Bertz CT molecular complexity index is 381. The van der Waals surface area contributed by atoms with E-state index < -0.39 is 0 Å². The Kier molecular flexibility index (Phi) is 2.96. The van der Waals surface area contributed by atoms with Crippen LogP contribution in [0.5, 0.6) is 0 Å². The van der Waals surface area contributed by atoms with Crippen LogP contribution in [-0.2, 0) is 11.2 Å². The maximum atomic E-state index is 11.7. The monoisotopic (exact) mass is 222 g/mol. The van der Waals surface area contributed by atoms with Crippen molar-refractivity contribution in [3.05, 3.63) is 11.8 Å². The number of amides is 1. The van der Waals surface area contributed by atoms with Gasteiger partial charge in [-0.3, -0.25) is 9.89 Å². The first kappa shape index (κ1) is 11.1. The third kappa shape index (κ3) is 2.24. The molecule has 1 heterocycles. The van der Waals surface area contributed by atoms with Crippen molar-refractivity contribution in [2.45, 2.75) is 44.6 Å². The number of nitrogens with two attached hydrogens (primary N) is 1. The summed E-state index contributed by atoms with van der Waals surface area (Å²) >= 11 is 0. The van der Waals surface area contributed by atoms with Crippen molar-refractivity contribution in [1.82, 2.24) is 10.2 Å². The molecule has 1 saturated carbocycles. The number of rotatable bonds is 4. The lowest BCUT2D eigenvalue weighted by molar-refractivity contribution is -0.118. The molecule has 1 aromatic heterocycles. The van der Waals surface area contributed by atoms with Crippen molar-refractivity contribution >= 4 is 11.7 Å². The molecule has 0 radical (unpaired) electrons. The SMILES string of the molecule is CCc1cn[nH]c1NC(=O)CC1(N)CCC1. The van der Waals surface area contributed by atoms with E-state index in [0.29, 0.717) is 12.2 Å². The van der Waals surface area contributed by atoms with Crippen LogP contribution in [0.2, 0.25) is 0 Å². The predicted octanol–water partition coefficient (Wildman–Crippen LogP) is 1.18. The molecular weight excluding hydrogens is 204 g/mol. The molecule has 2 rings (SSSR count). The lowest BCUT2D eigenvalue weighted by atomic mass is 9.75. The number of nitrogens with one attached hydrogen (secondary N) is 2. The first-order valence-corrected chi connectivity index (χ1v) is 5.74. The Morgan fingerprint density at radius 1 is 1.69 bits per heavy atom. The minimum Gasteiger partial charge on any atom is -0.325 e.